The van der Waals surface area contributed by atoms with Crippen molar-refractivity contribution >= 4 is 12.4 Å². The Labute approximate surface area is 152 Å². The van der Waals surface area contributed by atoms with Crippen LogP contribution in [0.5, 0.6) is 0 Å². The summed E-state index contributed by atoms with van der Waals surface area (Å²) in [6, 6.07) is 9.32. The minimum Gasteiger partial charge on any atom is -0.412 e. The number of fused-ring (bicyclic) bond motifs is 1. The Hall–Kier alpha value is -2.02. The Kier molecular flexibility index (Phi) is 6.11. The summed E-state index contributed by atoms with van der Waals surface area (Å²) in [6.45, 7) is 2.17. The van der Waals surface area contributed by atoms with E-state index in [1.807, 2.05) is 18.3 Å². The summed E-state index contributed by atoms with van der Waals surface area (Å²) in [4.78, 5) is 12.2. The summed E-state index contributed by atoms with van der Waals surface area (Å²) in [6.07, 6.45) is 5.52. The van der Waals surface area contributed by atoms with Gasteiger partial charge in [-0.1, -0.05) is 12.1 Å². The summed E-state index contributed by atoms with van der Waals surface area (Å²) < 4.78 is 13.5. The highest BCUT2D eigenvalue weighted by atomic mass is 35.5. The van der Waals surface area contributed by atoms with Gasteiger partial charge in [0.1, 0.15) is 17.3 Å². The topological polar surface area (TPSA) is 85.1 Å². The van der Waals surface area contributed by atoms with Gasteiger partial charge in [-0.3, -0.25) is 4.98 Å². The van der Waals surface area contributed by atoms with E-state index in [-0.39, 0.29) is 29.7 Å². The van der Waals surface area contributed by atoms with Crippen LogP contribution >= 0.6 is 12.4 Å². The molecule has 25 heavy (non-hydrogen) atoms. The number of nitrogens with zero attached hydrogens (tertiary/aromatic N) is 2. The molecule has 1 saturated heterocycles. The Balaban J connectivity index is 0.00000113. The van der Waals surface area contributed by atoms with Crippen molar-refractivity contribution in [2.45, 2.75) is 37.8 Å². The van der Waals surface area contributed by atoms with Crippen LogP contribution in [0.3, 0.4) is 0 Å². The first-order valence-electron chi connectivity index (χ1n) is 8.00. The molecule has 0 amide bonds. The van der Waals surface area contributed by atoms with Crippen molar-refractivity contribution < 1.29 is 9.87 Å². The van der Waals surface area contributed by atoms with Crippen molar-refractivity contribution in [3.05, 3.63) is 59.9 Å². The van der Waals surface area contributed by atoms with E-state index in [4.69, 9.17) is 0 Å². The van der Waals surface area contributed by atoms with Crippen LogP contribution in [0.4, 0.5) is 4.39 Å². The fourth-order valence-corrected chi connectivity index (χ4v) is 3.53. The van der Waals surface area contributed by atoms with E-state index in [0.29, 0.717) is 12.0 Å². The first-order valence-corrected chi connectivity index (χ1v) is 8.00. The fraction of sp³-hybridized carbons (Fsp3) is 0.333. The second-order valence-corrected chi connectivity index (χ2v) is 6.36. The minimum atomic E-state index is -0.187. The average molecular weight is 365 g/mol. The summed E-state index contributed by atoms with van der Waals surface area (Å²) >= 11 is 0. The van der Waals surface area contributed by atoms with Crippen molar-refractivity contribution in [3.8, 4) is 11.4 Å². The standard InChI is InChI=1S/C18H19FN4.ClH.H2O/c1-11-7-13(18-21-10-17-15(23-18)5-6-20-17)9-16(22-11)12-3-2-4-14(19)8-12;;/h2-6,8,10-11,13,16,22H,7,9H2,1H3,(H,21,23);1H;1H2. The van der Waals surface area contributed by atoms with Crippen LogP contribution in [-0.2, 0) is 0 Å². The zero-order valence-electron chi connectivity index (χ0n) is 13.9. The van der Waals surface area contributed by atoms with Crippen LogP contribution in [0.2, 0.25) is 0 Å². The molecule has 0 spiro atoms. The second-order valence-electron chi connectivity index (χ2n) is 6.36. The van der Waals surface area contributed by atoms with Crippen LogP contribution in [0.15, 0.2) is 42.7 Å². The maximum atomic E-state index is 13.5. The van der Waals surface area contributed by atoms with Crippen molar-refractivity contribution in [2.75, 3.05) is 0 Å². The molecule has 0 aromatic heterocycles. The molecule has 3 aliphatic rings. The van der Waals surface area contributed by atoms with E-state index in [1.165, 1.54) is 6.07 Å². The van der Waals surface area contributed by atoms with Crippen molar-refractivity contribution in [2.24, 2.45) is 0 Å². The fourth-order valence-electron chi connectivity index (χ4n) is 3.53. The molecule has 0 saturated carbocycles. The predicted molar refractivity (Wildman–Crippen MR) is 97.6 cm³/mol. The zero-order chi connectivity index (χ0) is 15.8. The monoisotopic (exact) mass is 364 g/mol. The summed E-state index contributed by atoms with van der Waals surface area (Å²) in [5, 5.41) is 3.57. The molecule has 1 aromatic rings. The number of rotatable bonds is 2. The summed E-state index contributed by atoms with van der Waals surface area (Å²) in [5.74, 6) is 1.12. The van der Waals surface area contributed by atoms with Crippen molar-refractivity contribution in [1.29, 1.82) is 0 Å². The minimum absolute atomic E-state index is 0. The quantitative estimate of drug-likeness (QED) is 0.732. The van der Waals surface area contributed by atoms with Gasteiger partial charge in [-0.2, -0.15) is 0 Å². The number of hydrogen-bond acceptors (Lipinski definition) is 3. The largest absolute Gasteiger partial charge is 0.412 e. The molecular formula is C18H22ClFN4O. The molecule has 0 radical (unpaired) electrons. The first kappa shape index (κ1) is 19.3. The van der Waals surface area contributed by atoms with Gasteiger partial charge < -0.3 is 15.8 Å². The van der Waals surface area contributed by atoms with Crippen LogP contribution in [-0.4, -0.2) is 26.5 Å². The first-order chi connectivity index (χ1) is 11.2. The Morgan fingerprint density at radius 2 is 2.00 bits per heavy atom. The number of H-pyrrole nitrogens is 1. The van der Waals surface area contributed by atoms with Gasteiger partial charge in [0.05, 0.1) is 11.9 Å². The van der Waals surface area contributed by atoms with Gasteiger partial charge in [-0.05, 0) is 43.5 Å². The molecule has 1 fully saturated rings. The van der Waals surface area contributed by atoms with Gasteiger partial charge in [0.2, 0.25) is 0 Å². The zero-order valence-corrected chi connectivity index (χ0v) is 14.7. The molecule has 3 heterocycles. The molecule has 3 unspecified atom stereocenters. The highest BCUT2D eigenvalue weighted by molar-refractivity contribution is 5.85. The molecule has 134 valence electrons. The summed E-state index contributed by atoms with van der Waals surface area (Å²) in [7, 11) is 0. The highest BCUT2D eigenvalue weighted by Gasteiger charge is 2.29. The molecule has 0 aliphatic carbocycles. The molecule has 5 nitrogen and oxygen atoms in total. The lowest BCUT2D eigenvalue weighted by molar-refractivity contribution is 0.299. The number of piperidine rings is 1. The Morgan fingerprint density at radius 1 is 1.16 bits per heavy atom. The van der Waals surface area contributed by atoms with E-state index in [0.717, 1.165) is 35.6 Å². The number of hydrogen-bond donors (Lipinski definition) is 2. The maximum Gasteiger partial charge on any atom is 0.123 e. The summed E-state index contributed by atoms with van der Waals surface area (Å²) in [5.41, 5.74) is 2.90. The average Bonchev–Trinajstić information content (AvgIpc) is 3.02. The molecular weight excluding hydrogens is 343 g/mol. The lowest BCUT2D eigenvalue weighted by atomic mass is 9.85. The lowest BCUT2D eigenvalue weighted by Crippen LogP contribution is -2.38. The van der Waals surface area contributed by atoms with Crippen LogP contribution in [0.1, 0.15) is 43.1 Å². The third kappa shape index (κ3) is 3.98. The Morgan fingerprint density at radius 3 is 2.80 bits per heavy atom. The number of nitrogens with one attached hydrogen (secondary N) is 2. The smallest absolute Gasteiger partial charge is 0.123 e. The number of aromatic nitrogens is 3. The molecule has 3 aliphatic heterocycles. The third-order valence-corrected chi connectivity index (χ3v) is 4.60. The number of benzene rings is 1. The van der Waals surface area contributed by atoms with E-state index >= 15 is 0 Å². The normalized spacial score (nSPS) is 22.9. The van der Waals surface area contributed by atoms with Gasteiger partial charge in [-0.15, -0.1) is 12.4 Å². The Bertz CT molecular complexity index is 796. The van der Waals surface area contributed by atoms with Gasteiger partial charge in [0.15, 0.2) is 0 Å². The second kappa shape index (κ2) is 7.91. The molecule has 0 bridgehead atoms. The number of aromatic amines is 1. The van der Waals surface area contributed by atoms with E-state index in [9.17, 15) is 4.39 Å². The van der Waals surface area contributed by atoms with Crippen LogP contribution in [0.25, 0.3) is 11.4 Å². The molecule has 4 rings (SSSR count). The highest BCUT2D eigenvalue weighted by Crippen LogP contribution is 2.35. The van der Waals surface area contributed by atoms with Gasteiger partial charge in [0.25, 0.3) is 0 Å². The molecule has 4 N–H and O–H groups in total. The molecule has 3 atom stereocenters. The van der Waals surface area contributed by atoms with Crippen molar-refractivity contribution in [1.82, 2.24) is 20.3 Å². The van der Waals surface area contributed by atoms with E-state index in [1.54, 1.807) is 18.3 Å². The van der Waals surface area contributed by atoms with Gasteiger partial charge >= 0.3 is 0 Å². The maximum absolute atomic E-state index is 13.5. The molecule has 7 heteroatoms. The molecule has 1 aromatic carbocycles. The van der Waals surface area contributed by atoms with Gasteiger partial charge in [0, 0.05) is 24.2 Å². The van der Waals surface area contributed by atoms with Crippen LogP contribution in [0, 0.1) is 5.82 Å². The van der Waals surface area contributed by atoms with E-state index in [2.05, 4.69) is 27.2 Å². The predicted octanol–water partition coefficient (Wildman–Crippen LogP) is 3.24. The number of halogens is 2. The van der Waals surface area contributed by atoms with E-state index < -0.39 is 0 Å². The SMILES string of the molecule is CC1CC(c2ncc3nccc-3[nH]2)CC(c2cccc(F)c2)N1.Cl.O. The van der Waals surface area contributed by atoms with Crippen LogP contribution < -0.4 is 5.32 Å². The van der Waals surface area contributed by atoms with Gasteiger partial charge in [-0.25, -0.2) is 9.37 Å². The van der Waals surface area contributed by atoms with Crippen molar-refractivity contribution in [3.63, 3.8) is 0 Å². The third-order valence-electron chi connectivity index (χ3n) is 4.60. The lowest BCUT2D eigenvalue weighted by Gasteiger charge is -2.34.